The molecule has 0 fully saturated rings. The second-order valence-corrected chi connectivity index (χ2v) is 29.9. The van der Waals surface area contributed by atoms with Crippen molar-refractivity contribution in [3.63, 3.8) is 0 Å². The van der Waals surface area contributed by atoms with Crippen LogP contribution in [-0.2, 0) is 14.3 Å². The number of rotatable bonds is 82. The molecule has 0 saturated heterocycles. The Labute approximate surface area is 578 Å². The first-order valence-electron chi connectivity index (χ1n) is 42.9. The molecule has 0 radical (unpaired) electrons. The molecule has 92 heavy (non-hydrogen) atoms. The third-order valence-electron chi connectivity index (χ3n) is 20.6. The molecule has 548 valence electrons. The molecule has 2 unspecified atom stereocenters. The summed E-state index contributed by atoms with van der Waals surface area (Å²) in [5.74, 6) is -0.00204. The quantitative estimate of drug-likeness (QED) is 0.0320. The van der Waals surface area contributed by atoms with Crippen LogP contribution in [-0.4, -0.2) is 47.4 Å². The molecule has 6 heteroatoms. The summed E-state index contributed by atoms with van der Waals surface area (Å²) in [5.41, 5.74) is 0. The van der Waals surface area contributed by atoms with Gasteiger partial charge in [0.2, 0.25) is 5.91 Å². The number of unbranched alkanes of at least 4 members (excludes halogenated alkanes) is 69. The molecule has 0 aromatic rings. The van der Waals surface area contributed by atoms with Crippen LogP contribution in [0.2, 0.25) is 0 Å². The Balaban J connectivity index is 3.32. The number of hydrogen-bond acceptors (Lipinski definition) is 5. The van der Waals surface area contributed by atoms with Gasteiger partial charge in [0.1, 0.15) is 0 Å². The Morgan fingerprint density at radius 3 is 0.772 bits per heavy atom. The molecular weight excluding hydrogens is 1130 g/mol. The molecule has 0 bridgehead atoms. The highest BCUT2D eigenvalue weighted by Crippen LogP contribution is 2.21. The van der Waals surface area contributed by atoms with Crippen LogP contribution < -0.4 is 5.32 Å². The van der Waals surface area contributed by atoms with Crippen LogP contribution in [0.3, 0.4) is 0 Å². The molecule has 0 aliphatic heterocycles. The summed E-state index contributed by atoms with van der Waals surface area (Å²) in [5, 5.41) is 23.5. The summed E-state index contributed by atoms with van der Waals surface area (Å²) < 4.78 is 5.52. The molecule has 0 rings (SSSR count). The Morgan fingerprint density at radius 1 is 0.293 bits per heavy atom. The number of hydrogen-bond donors (Lipinski definition) is 3. The summed E-state index contributed by atoms with van der Waals surface area (Å²) >= 11 is 0. The maximum absolute atomic E-state index is 12.6. The standard InChI is InChI=1S/C86H169NO5/c1-3-5-7-9-11-13-15-17-19-21-23-24-25-33-36-39-43-46-50-54-58-62-66-70-74-78-84(89)83(82-88)87-85(90)79-75-71-67-63-59-55-51-47-44-40-37-34-31-29-27-26-28-30-32-35-38-41-45-49-53-57-61-65-69-73-77-81-92-86(91)80-76-72-68-64-60-56-52-48-42-22-20-18-16-14-12-10-8-6-4-2/h18,20,83-84,88-89H,3-17,19,21-82H2,1-2H3,(H,87,90)/b20-18-. The molecule has 1 amide bonds. The topological polar surface area (TPSA) is 95.9 Å². The van der Waals surface area contributed by atoms with Crippen LogP contribution in [0.25, 0.3) is 0 Å². The fraction of sp³-hybridized carbons (Fsp3) is 0.953. The van der Waals surface area contributed by atoms with Gasteiger partial charge in [-0.2, -0.15) is 0 Å². The minimum absolute atomic E-state index is 0.0219. The van der Waals surface area contributed by atoms with Crippen molar-refractivity contribution in [1.82, 2.24) is 5.32 Å². The first-order valence-corrected chi connectivity index (χ1v) is 42.9. The third kappa shape index (κ3) is 77.6. The number of esters is 1. The van der Waals surface area contributed by atoms with Gasteiger partial charge in [0.05, 0.1) is 25.4 Å². The number of ether oxygens (including phenoxy) is 1. The van der Waals surface area contributed by atoms with Gasteiger partial charge in [-0.25, -0.2) is 0 Å². The Kier molecular flexibility index (Phi) is 80.8. The Bertz CT molecular complexity index is 1400. The van der Waals surface area contributed by atoms with E-state index in [4.69, 9.17) is 4.74 Å². The highest BCUT2D eigenvalue weighted by molar-refractivity contribution is 5.76. The van der Waals surface area contributed by atoms with Crippen LogP contribution >= 0.6 is 0 Å². The van der Waals surface area contributed by atoms with E-state index in [0.717, 1.165) is 38.5 Å². The zero-order valence-electron chi connectivity index (χ0n) is 63.1. The lowest BCUT2D eigenvalue weighted by Crippen LogP contribution is -2.45. The largest absolute Gasteiger partial charge is 0.466 e. The molecule has 0 aromatic carbocycles. The lowest BCUT2D eigenvalue weighted by molar-refractivity contribution is -0.143. The zero-order valence-corrected chi connectivity index (χ0v) is 63.1. The molecule has 0 aliphatic carbocycles. The second-order valence-electron chi connectivity index (χ2n) is 29.9. The van der Waals surface area contributed by atoms with E-state index in [9.17, 15) is 19.8 Å². The van der Waals surface area contributed by atoms with Gasteiger partial charge in [-0.15, -0.1) is 0 Å². The zero-order chi connectivity index (χ0) is 66.3. The predicted molar refractivity (Wildman–Crippen MR) is 407 cm³/mol. The van der Waals surface area contributed by atoms with Gasteiger partial charge >= 0.3 is 5.97 Å². The van der Waals surface area contributed by atoms with E-state index >= 15 is 0 Å². The minimum atomic E-state index is -0.663. The summed E-state index contributed by atoms with van der Waals surface area (Å²) in [6.07, 6.45) is 105. The van der Waals surface area contributed by atoms with Gasteiger partial charge in [0.25, 0.3) is 0 Å². The highest BCUT2D eigenvalue weighted by Gasteiger charge is 2.20. The summed E-state index contributed by atoms with van der Waals surface area (Å²) in [6.45, 7) is 5.02. The van der Waals surface area contributed by atoms with Crippen molar-refractivity contribution >= 4 is 11.9 Å². The second kappa shape index (κ2) is 82.0. The van der Waals surface area contributed by atoms with Crippen molar-refractivity contribution in [2.24, 2.45) is 0 Å². The predicted octanol–water partition coefficient (Wildman–Crippen LogP) is 28.6. The third-order valence-corrected chi connectivity index (χ3v) is 20.6. The van der Waals surface area contributed by atoms with Crippen molar-refractivity contribution in [3.05, 3.63) is 12.2 Å². The lowest BCUT2D eigenvalue weighted by atomic mass is 10.0. The van der Waals surface area contributed by atoms with Gasteiger partial charge in [0, 0.05) is 12.8 Å². The van der Waals surface area contributed by atoms with Crippen molar-refractivity contribution in [2.45, 2.75) is 514 Å². The fourth-order valence-corrected chi connectivity index (χ4v) is 14.1. The van der Waals surface area contributed by atoms with Gasteiger partial charge in [-0.05, 0) is 51.4 Å². The number of aliphatic hydroxyl groups excluding tert-OH is 2. The minimum Gasteiger partial charge on any atom is -0.466 e. The van der Waals surface area contributed by atoms with Crippen LogP contribution in [0, 0.1) is 0 Å². The number of amides is 1. The average molecular weight is 1300 g/mol. The first kappa shape index (κ1) is 90.6. The number of carbonyl (C=O) groups is 2. The number of aliphatic hydroxyl groups is 2. The van der Waals surface area contributed by atoms with E-state index in [1.165, 1.54) is 430 Å². The van der Waals surface area contributed by atoms with Crippen molar-refractivity contribution in [1.29, 1.82) is 0 Å². The van der Waals surface area contributed by atoms with E-state index in [-0.39, 0.29) is 18.5 Å². The number of carbonyl (C=O) groups excluding carboxylic acids is 2. The maximum atomic E-state index is 12.6. The van der Waals surface area contributed by atoms with Crippen LogP contribution in [0.5, 0.6) is 0 Å². The van der Waals surface area contributed by atoms with Gasteiger partial charge in [-0.3, -0.25) is 9.59 Å². The molecule has 0 aliphatic rings. The van der Waals surface area contributed by atoms with E-state index < -0.39 is 12.1 Å². The van der Waals surface area contributed by atoms with E-state index in [2.05, 4.69) is 31.3 Å². The lowest BCUT2D eigenvalue weighted by Gasteiger charge is -2.22. The summed E-state index contributed by atoms with van der Waals surface area (Å²) in [4.78, 5) is 24.7. The molecule has 0 saturated carbocycles. The SMILES string of the molecule is CCCCCCCC/C=C\CCCCCCCCCCCC(=O)OCCCCCCCCCCCCCCCCCCCCCCCCCCCCCCCCCC(=O)NC(CO)C(O)CCCCCCCCCCCCCCCCCCCCCCCCCCC. The molecule has 2 atom stereocenters. The molecule has 0 spiro atoms. The monoisotopic (exact) mass is 1300 g/mol. The van der Waals surface area contributed by atoms with Gasteiger partial charge < -0.3 is 20.3 Å². The molecule has 0 aromatic heterocycles. The molecule has 3 N–H and O–H groups in total. The van der Waals surface area contributed by atoms with E-state index in [1.54, 1.807) is 0 Å². The van der Waals surface area contributed by atoms with Gasteiger partial charge in [0.15, 0.2) is 0 Å². The summed E-state index contributed by atoms with van der Waals surface area (Å²) in [6, 6.07) is -0.539. The van der Waals surface area contributed by atoms with E-state index in [0.29, 0.717) is 25.9 Å². The normalized spacial score (nSPS) is 12.4. The van der Waals surface area contributed by atoms with Crippen molar-refractivity contribution in [3.8, 4) is 0 Å². The average Bonchev–Trinajstić information content (AvgIpc) is 3.60. The van der Waals surface area contributed by atoms with Crippen molar-refractivity contribution < 1.29 is 24.5 Å². The smallest absolute Gasteiger partial charge is 0.305 e. The fourth-order valence-electron chi connectivity index (χ4n) is 14.1. The van der Waals surface area contributed by atoms with Crippen LogP contribution in [0.4, 0.5) is 0 Å². The number of allylic oxidation sites excluding steroid dienone is 2. The van der Waals surface area contributed by atoms with Crippen molar-refractivity contribution in [2.75, 3.05) is 13.2 Å². The first-order chi connectivity index (χ1) is 45.5. The van der Waals surface area contributed by atoms with E-state index in [1.807, 2.05) is 0 Å². The summed E-state index contributed by atoms with van der Waals surface area (Å²) in [7, 11) is 0. The highest BCUT2D eigenvalue weighted by atomic mass is 16.5. The molecular formula is C86H169NO5. The Morgan fingerprint density at radius 2 is 0.511 bits per heavy atom. The van der Waals surface area contributed by atoms with Gasteiger partial charge in [-0.1, -0.05) is 450 Å². The molecule has 6 nitrogen and oxygen atoms in total. The van der Waals surface area contributed by atoms with Crippen LogP contribution in [0.1, 0.15) is 502 Å². The maximum Gasteiger partial charge on any atom is 0.305 e. The number of nitrogens with one attached hydrogen (secondary N) is 1. The van der Waals surface area contributed by atoms with Crippen LogP contribution in [0.15, 0.2) is 12.2 Å². The molecule has 0 heterocycles. The Hall–Kier alpha value is -1.40.